The van der Waals surface area contributed by atoms with Crippen LogP contribution in [0.1, 0.15) is 30.8 Å². The minimum absolute atomic E-state index is 0.127. The number of nitrogens with two attached hydrogens (primary N) is 1. The number of aromatic nitrogens is 1. The van der Waals surface area contributed by atoms with Gasteiger partial charge in [-0.2, -0.15) is 0 Å². The first-order valence-corrected chi connectivity index (χ1v) is 8.02. The third kappa shape index (κ3) is 4.13. The normalized spacial score (nSPS) is 11.8. The van der Waals surface area contributed by atoms with E-state index in [1.54, 1.807) is 11.3 Å². The summed E-state index contributed by atoms with van der Waals surface area (Å²) >= 11 is 5.23. The van der Waals surface area contributed by atoms with E-state index in [0.717, 1.165) is 28.0 Å². The van der Waals surface area contributed by atoms with Gasteiger partial charge in [0.15, 0.2) is 0 Å². The predicted octanol–water partition coefficient (Wildman–Crippen LogP) is 4.55. The Bertz CT molecular complexity index is 570. The monoisotopic (exact) mass is 338 g/mol. The third-order valence-electron chi connectivity index (χ3n) is 3.01. The molecule has 0 bridgehead atoms. The molecule has 0 radical (unpaired) electrons. The van der Waals surface area contributed by atoms with E-state index >= 15 is 0 Å². The van der Waals surface area contributed by atoms with Crippen molar-refractivity contribution in [2.75, 3.05) is 0 Å². The maximum Gasteiger partial charge on any atom is 0.0933 e. The highest BCUT2D eigenvalue weighted by atomic mass is 79.9. The van der Waals surface area contributed by atoms with Crippen molar-refractivity contribution in [3.8, 4) is 11.3 Å². The number of thiazole rings is 1. The molecule has 2 aromatic rings. The molecule has 0 aliphatic heterocycles. The zero-order valence-electron chi connectivity index (χ0n) is 11.5. The van der Waals surface area contributed by atoms with Gasteiger partial charge in [-0.1, -0.05) is 22.0 Å². The van der Waals surface area contributed by atoms with Crippen molar-refractivity contribution < 1.29 is 0 Å². The van der Waals surface area contributed by atoms with Crippen LogP contribution in [0.25, 0.3) is 11.3 Å². The Balaban J connectivity index is 2.19. The lowest BCUT2D eigenvalue weighted by atomic mass is 10.0. The first-order valence-electron chi connectivity index (χ1n) is 6.35. The Hall–Kier alpha value is -0.710. The van der Waals surface area contributed by atoms with Crippen LogP contribution in [0.5, 0.6) is 0 Å². The predicted molar refractivity (Wildman–Crippen MR) is 86.6 cm³/mol. The number of aryl methyl sites for hydroxylation is 2. The van der Waals surface area contributed by atoms with Gasteiger partial charge in [0.1, 0.15) is 0 Å². The number of halogens is 1. The molecular weight excluding hydrogens is 320 g/mol. The fraction of sp³-hybridized carbons (Fsp3) is 0.400. The summed E-state index contributed by atoms with van der Waals surface area (Å²) in [7, 11) is 0. The van der Waals surface area contributed by atoms with Crippen molar-refractivity contribution in [2.45, 2.75) is 39.2 Å². The van der Waals surface area contributed by atoms with Gasteiger partial charge in [0, 0.05) is 27.4 Å². The van der Waals surface area contributed by atoms with Crippen LogP contribution < -0.4 is 5.73 Å². The molecule has 0 amide bonds. The molecule has 0 aliphatic carbocycles. The molecule has 1 aromatic heterocycles. The smallest absolute Gasteiger partial charge is 0.0933 e. The number of hydrogen-bond donors (Lipinski definition) is 1. The molecule has 0 unspecified atom stereocenters. The van der Waals surface area contributed by atoms with E-state index in [0.29, 0.717) is 0 Å². The molecule has 0 aliphatic rings. The molecule has 1 heterocycles. The fourth-order valence-electron chi connectivity index (χ4n) is 1.85. The minimum Gasteiger partial charge on any atom is -0.326 e. The summed E-state index contributed by atoms with van der Waals surface area (Å²) in [5, 5.41) is 3.29. The fourth-order valence-corrected chi connectivity index (χ4v) is 3.01. The first-order chi connectivity index (χ1) is 8.85. The molecule has 0 saturated heterocycles. The van der Waals surface area contributed by atoms with Gasteiger partial charge in [0.05, 0.1) is 10.7 Å². The Labute approximate surface area is 127 Å². The molecule has 0 saturated carbocycles. The Kier molecular flexibility index (Phi) is 4.43. The maximum atomic E-state index is 6.02. The van der Waals surface area contributed by atoms with Crippen LogP contribution in [0, 0.1) is 6.92 Å². The minimum atomic E-state index is -0.127. The molecule has 0 fully saturated rings. The summed E-state index contributed by atoms with van der Waals surface area (Å²) in [6.45, 7) is 6.23. The number of benzene rings is 1. The average Bonchev–Trinajstić information content (AvgIpc) is 2.77. The van der Waals surface area contributed by atoms with Crippen molar-refractivity contribution in [2.24, 2.45) is 5.73 Å². The highest BCUT2D eigenvalue weighted by molar-refractivity contribution is 9.10. The number of hydrogen-bond acceptors (Lipinski definition) is 3. The molecule has 0 spiro atoms. The van der Waals surface area contributed by atoms with Crippen molar-refractivity contribution in [3.05, 3.63) is 38.6 Å². The van der Waals surface area contributed by atoms with Gasteiger partial charge < -0.3 is 5.73 Å². The molecule has 0 atom stereocenters. The first kappa shape index (κ1) is 14.7. The molecule has 2 rings (SSSR count). The quantitative estimate of drug-likeness (QED) is 0.887. The zero-order valence-corrected chi connectivity index (χ0v) is 13.9. The van der Waals surface area contributed by atoms with Crippen LogP contribution in [0.4, 0.5) is 0 Å². The van der Waals surface area contributed by atoms with Crippen molar-refractivity contribution in [3.63, 3.8) is 0 Å². The zero-order chi connectivity index (χ0) is 14.0. The van der Waals surface area contributed by atoms with Gasteiger partial charge in [-0.15, -0.1) is 11.3 Å². The molecule has 19 heavy (non-hydrogen) atoms. The van der Waals surface area contributed by atoms with E-state index in [9.17, 15) is 0 Å². The highest BCUT2D eigenvalue weighted by Gasteiger charge is 2.13. The van der Waals surface area contributed by atoms with Crippen LogP contribution in [0.3, 0.4) is 0 Å². The lowest BCUT2D eigenvalue weighted by Gasteiger charge is -2.16. The molecule has 4 heteroatoms. The average molecular weight is 339 g/mol. The van der Waals surface area contributed by atoms with Crippen molar-refractivity contribution in [1.29, 1.82) is 0 Å². The second-order valence-electron chi connectivity index (χ2n) is 5.57. The van der Waals surface area contributed by atoms with Crippen LogP contribution in [-0.2, 0) is 6.42 Å². The maximum absolute atomic E-state index is 6.02. The number of nitrogens with zero attached hydrogens (tertiary/aromatic N) is 1. The van der Waals surface area contributed by atoms with Crippen LogP contribution in [0.2, 0.25) is 0 Å². The van der Waals surface area contributed by atoms with Crippen molar-refractivity contribution in [1.82, 2.24) is 4.98 Å². The third-order valence-corrected chi connectivity index (χ3v) is 4.41. The van der Waals surface area contributed by atoms with Crippen LogP contribution in [0.15, 0.2) is 28.1 Å². The Morgan fingerprint density at radius 2 is 2.11 bits per heavy atom. The van der Waals surface area contributed by atoms with Gasteiger partial charge in [0.2, 0.25) is 0 Å². The topological polar surface area (TPSA) is 38.9 Å². The largest absolute Gasteiger partial charge is 0.326 e. The highest BCUT2D eigenvalue weighted by Crippen LogP contribution is 2.28. The molecule has 2 N–H and O–H groups in total. The van der Waals surface area contributed by atoms with Gasteiger partial charge >= 0.3 is 0 Å². The van der Waals surface area contributed by atoms with Crippen LogP contribution >= 0.6 is 27.3 Å². The van der Waals surface area contributed by atoms with E-state index in [-0.39, 0.29) is 5.54 Å². The van der Waals surface area contributed by atoms with Crippen molar-refractivity contribution >= 4 is 27.3 Å². The summed E-state index contributed by atoms with van der Waals surface area (Å²) in [6, 6.07) is 6.30. The standard InChI is InChI=1S/C15H19BrN2S/c1-10-4-5-11(16)8-12(10)13-9-19-14(18-13)6-7-15(2,3)17/h4-5,8-9H,6-7,17H2,1-3H3. The molecule has 2 nitrogen and oxygen atoms in total. The van der Waals surface area contributed by atoms with E-state index in [1.807, 2.05) is 0 Å². The van der Waals surface area contributed by atoms with E-state index < -0.39 is 0 Å². The lowest BCUT2D eigenvalue weighted by Crippen LogP contribution is -2.32. The summed E-state index contributed by atoms with van der Waals surface area (Å²) in [6.07, 6.45) is 1.90. The second kappa shape index (κ2) is 5.73. The summed E-state index contributed by atoms with van der Waals surface area (Å²) < 4.78 is 1.09. The Morgan fingerprint density at radius 1 is 1.37 bits per heavy atom. The van der Waals surface area contributed by atoms with Crippen LogP contribution in [-0.4, -0.2) is 10.5 Å². The molecule has 1 aromatic carbocycles. The second-order valence-corrected chi connectivity index (χ2v) is 7.43. The number of rotatable bonds is 4. The van der Waals surface area contributed by atoms with Gasteiger partial charge in [-0.3, -0.25) is 0 Å². The van der Waals surface area contributed by atoms with E-state index in [2.05, 4.69) is 60.3 Å². The molecule has 102 valence electrons. The van der Waals surface area contributed by atoms with Gasteiger partial charge in [-0.05, 0) is 44.9 Å². The van der Waals surface area contributed by atoms with E-state index in [4.69, 9.17) is 10.7 Å². The van der Waals surface area contributed by atoms with Gasteiger partial charge in [0.25, 0.3) is 0 Å². The SMILES string of the molecule is Cc1ccc(Br)cc1-c1csc(CCC(C)(C)N)n1. The van der Waals surface area contributed by atoms with Gasteiger partial charge in [-0.25, -0.2) is 4.98 Å². The lowest BCUT2D eigenvalue weighted by molar-refractivity contribution is 0.476. The summed E-state index contributed by atoms with van der Waals surface area (Å²) in [5.74, 6) is 0. The summed E-state index contributed by atoms with van der Waals surface area (Å²) in [4.78, 5) is 4.73. The Morgan fingerprint density at radius 3 is 2.79 bits per heavy atom. The summed E-state index contributed by atoms with van der Waals surface area (Å²) in [5.41, 5.74) is 9.40. The van der Waals surface area contributed by atoms with E-state index in [1.165, 1.54) is 11.1 Å². The molecular formula is C15H19BrN2S.